The van der Waals surface area contributed by atoms with Crippen molar-refractivity contribution in [1.29, 1.82) is 5.26 Å². The maximum absolute atomic E-state index is 11.8. The van der Waals surface area contributed by atoms with Crippen LogP contribution in [0.1, 0.15) is 12.0 Å². The Hall–Kier alpha value is -1.87. The first kappa shape index (κ1) is 12.6. The number of rotatable bonds is 3. The largest absolute Gasteiger partial charge is 0.481 e. The van der Waals surface area contributed by atoms with Gasteiger partial charge in [0.1, 0.15) is 6.07 Å². The van der Waals surface area contributed by atoms with E-state index in [1.807, 2.05) is 6.07 Å². The standard InChI is InChI=1S/C12H9BrN2O3/c13-7-2-1-6(5-14)10(3-7)15-11(16)8-4-9(8)12(17)18/h1-3,8-9H,4H2,(H,15,16)(H,17,18). The zero-order valence-electron chi connectivity index (χ0n) is 9.18. The summed E-state index contributed by atoms with van der Waals surface area (Å²) >= 11 is 3.25. The topological polar surface area (TPSA) is 90.2 Å². The molecule has 1 aliphatic carbocycles. The molecule has 0 aromatic heterocycles. The second kappa shape index (κ2) is 4.78. The summed E-state index contributed by atoms with van der Waals surface area (Å²) in [4.78, 5) is 22.4. The molecule has 1 fully saturated rings. The van der Waals surface area contributed by atoms with Crippen LogP contribution < -0.4 is 5.32 Å². The fourth-order valence-electron chi connectivity index (χ4n) is 1.70. The number of nitriles is 1. The third kappa shape index (κ3) is 2.51. The highest BCUT2D eigenvalue weighted by Gasteiger charge is 2.48. The molecule has 2 rings (SSSR count). The van der Waals surface area contributed by atoms with Gasteiger partial charge in [0, 0.05) is 4.47 Å². The summed E-state index contributed by atoms with van der Waals surface area (Å²) in [7, 11) is 0. The predicted molar refractivity (Wildman–Crippen MR) is 66.7 cm³/mol. The lowest BCUT2D eigenvalue weighted by Gasteiger charge is -2.06. The van der Waals surface area contributed by atoms with Gasteiger partial charge in [-0.3, -0.25) is 9.59 Å². The van der Waals surface area contributed by atoms with Crippen molar-refractivity contribution in [2.75, 3.05) is 5.32 Å². The Morgan fingerprint density at radius 1 is 1.44 bits per heavy atom. The van der Waals surface area contributed by atoms with Crippen LogP contribution in [-0.2, 0) is 9.59 Å². The average molecular weight is 309 g/mol. The number of carboxylic acids is 1. The van der Waals surface area contributed by atoms with Crippen molar-refractivity contribution in [3.8, 4) is 6.07 Å². The Bertz CT molecular complexity index is 565. The van der Waals surface area contributed by atoms with E-state index in [1.165, 1.54) is 0 Å². The van der Waals surface area contributed by atoms with Crippen LogP contribution >= 0.6 is 15.9 Å². The SMILES string of the molecule is N#Cc1ccc(Br)cc1NC(=O)C1CC1C(=O)O. The van der Waals surface area contributed by atoms with E-state index >= 15 is 0 Å². The number of amides is 1. The maximum atomic E-state index is 11.8. The summed E-state index contributed by atoms with van der Waals surface area (Å²) < 4.78 is 0.738. The van der Waals surface area contributed by atoms with Crippen molar-refractivity contribution in [3.05, 3.63) is 28.2 Å². The van der Waals surface area contributed by atoms with E-state index in [1.54, 1.807) is 18.2 Å². The Kier molecular flexibility index (Phi) is 3.34. The first-order valence-corrected chi connectivity index (χ1v) is 6.05. The van der Waals surface area contributed by atoms with E-state index in [9.17, 15) is 9.59 Å². The number of benzene rings is 1. The summed E-state index contributed by atoms with van der Waals surface area (Å²) in [5.41, 5.74) is 0.743. The Labute approximate surface area is 112 Å². The van der Waals surface area contributed by atoms with Crippen molar-refractivity contribution >= 4 is 33.5 Å². The minimum absolute atomic E-state index is 0.346. The van der Waals surface area contributed by atoms with Crippen LogP contribution in [0.3, 0.4) is 0 Å². The van der Waals surface area contributed by atoms with Gasteiger partial charge in [-0.1, -0.05) is 15.9 Å². The van der Waals surface area contributed by atoms with E-state index in [2.05, 4.69) is 21.2 Å². The third-order valence-electron chi connectivity index (χ3n) is 2.80. The Balaban J connectivity index is 2.11. The van der Waals surface area contributed by atoms with Crippen molar-refractivity contribution < 1.29 is 14.7 Å². The van der Waals surface area contributed by atoms with Crippen molar-refractivity contribution in [1.82, 2.24) is 0 Å². The van der Waals surface area contributed by atoms with Gasteiger partial charge in [-0.05, 0) is 24.6 Å². The molecule has 1 aromatic carbocycles. The molecule has 0 radical (unpaired) electrons. The molecule has 1 amide bonds. The van der Waals surface area contributed by atoms with Crippen LogP contribution in [0.4, 0.5) is 5.69 Å². The second-order valence-corrected chi connectivity index (χ2v) is 4.99. The van der Waals surface area contributed by atoms with Gasteiger partial charge in [-0.2, -0.15) is 5.26 Å². The molecule has 2 atom stereocenters. The highest BCUT2D eigenvalue weighted by Crippen LogP contribution is 2.39. The first-order chi connectivity index (χ1) is 8.52. The number of hydrogen-bond donors (Lipinski definition) is 2. The van der Waals surface area contributed by atoms with Gasteiger partial charge in [0.15, 0.2) is 0 Å². The molecule has 5 nitrogen and oxygen atoms in total. The lowest BCUT2D eigenvalue weighted by Crippen LogP contribution is -2.17. The number of carbonyl (C=O) groups is 2. The molecular weight excluding hydrogens is 300 g/mol. The highest BCUT2D eigenvalue weighted by atomic mass is 79.9. The van der Waals surface area contributed by atoms with E-state index in [0.29, 0.717) is 17.7 Å². The molecule has 0 heterocycles. The number of carboxylic acid groups (broad SMARTS) is 1. The molecule has 2 unspecified atom stereocenters. The summed E-state index contributed by atoms with van der Waals surface area (Å²) in [6, 6.07) is 6.87. The minimum atomic E-state index is -0.954. The van der Waals surface area contributed by atoms with Crippen LogP contribution in [-0.4, -0.2) is 17.0 Å². The molecule has 92 valence electrons. The number of nitrogens with one attached hydrogen (secondary N) is 1. The summed E-state index contributed by atoms with van der Waals surface area (Å²) in [5.74, 6) is -2.39. The van der Waals surface area contributed by atoms with Crippen LogP contribution in [0.5, 0.6) is 0 Å². The van der Waals surface area contributed by atoms with E-state index < -0.39 is 17.8 Å². The van der Waals surface area contributed by atoms with Gasteiger partial charge < -0.3 is 10.4 Å². The van der Waals surface area contributed by atoms with Crippen molar-refractivity contribution in [2.45, 2.75) is 6.42 Å². The number of aliphatic carboxylic acids is 1. The zero-order chi connectivity index (χ0) is 13.3. The number of anilines is 1. The number of hydrogen-bond acceptors (Lipinski definition) is 3. The van der Waals surface area contributed by atoms with Crippen molar-refractivity contribution in [3.63, 3.8) is 0 Å². The average Bonchev–Trinajstić information content (AvgIpc) is 3.09. The molecule has 0 saturated heterocycles. The van der Waals surface area contributed by atoms with E-state index in [0.717, 1.165) is 4.47 Å². The summed E-state index contributed by atoms with van der Waals surface area (Å²) in [6.07, 6.45) is 0.358. The van der Waals surface area contributed by atoms with E-state index in [4.69, 9.17) is 10.4 Å². The van der Waals surface area contributed by atoms with Gasteiger partial charge in [-0.25, -0.2) is 0 Å². The maximum Gasteiger partial charge on any atom is 0.307 e. The quantitative estimate of drug-likeness (QED) is 0.893. The minimum Gasteiger partial charge on any atom is -0.481 e. The molecule has 1 aromatic rings. The van der Waals surface area contributed by atoms with Gasteiger partial charge in [0.2, 0.25) is 5.91 Å². The summed E-state index contributed by atoms with van der Waals surface area (Å²) in [6.45, 7) is 0. The molecular formula is C12H9BrN2O3. The number of halogens is 1. The predicted octanol–water partition coefficient (Wildman–Crippen LogP) is 1.98. The van der Waals surface area contributed by atoms with Crippen molar-refractivity contribution in [2.24, 2.45) is 11.8 Å². The highest BCUT2D eigenvalue weighted by molar-refractivity contribution is 9.10. The molecule has 18 heavy (non-hydrogen) atoms. The first-order valence-electron chi connectivity index (χ1n) is 5.26. The van der Waals surface area contributed by atoms with E-state index in [-0.39, 0.29) is 5.91 Å². The molecule has 0 aliphatic heterocycles. The van der Waals surface area contributed by atoms with Gasteiger partial charge >= 0.3 is 5.97 Å². The van der Waals surface area contributed by atoms with Gasteiger partial charge in [0.25, 0.3) is 0 Å². The lowest BCUT2D eigenvalue weighted by molar-refractivity contribution is -0.139. The number of carbonyl (C=O) groups excluding carboxylic acids is 1. The van der Waals surface area contributed by atoms with Gasteiger partial charge in [0.05, 0.1) is 23.1 Å². The monoisotopic (exact) mass is 308 g/mol. The molecule has 0 bridgehead atoms. The molecule has 1 saturated carbocycles. The fourth-order valence-corrected chi connectivity index (χ4v) is 2.06. The van der Waals surface area contributed by atoms with Crippen LogP contribution in [0.25, 0.3) is 0 Å². The molecule has 0 spiro atoms. The molecule has 6 heteroatoms. The second-order valence-electron chi connectivity index (χ2n) is 4.08. The Morgan fingerprint density at radius 3 is 2.72 bits per heavy atom. The number of nitrogens with zero attached hydrogens (tertiary/aromatic N) is 1. The Morgan fingerprint density at radius 2 is 2.17 bits per heavy atom. The van der Waals surface area contributed by atoms with Crippen LogP contribution in [0.2, 0.25) is 0 Å². The zero-order valence-corrected chi connectivity index (χ0v) is 10.8. The van der Waals surface area contributed by atoms with Crippen LogP contribution in [0.15, 0.2) is 22.7 Å². The normalized spacial score (nSPS) is 20.9. The summed E-state index contributed by atoms with van der Waals surface area (Å²) in [5, 5.41) is 20.2. The molecule has 1 aliphatic rings. The van der Waals surface area contributed by atoms with Crippen LogP contribution in [0, 0.1) is 23.2 Å². The van der Waals surface area contributed by atoms with Gasteiger partial charge in [-0.15, -0.1) is 0 Å². The fraction of sp³-hybridized carbons (Fsp3) is 0.250. The molecule has 2 N–H and O–H groups in total. The lowest BCUT2D eigenvalue weighted by atomic mass is 10.2. The smallest absolute Gasteiger partial charge is 0.307 e. The third-order valence-corrected chi connectivity index (χ3v) is 3.30.